The van der Waals surface area contributed by atoms with E-state index in [0.29, 0.717) is 5.56 Å². The van der Waals surface area contributed by atoms with Gasteiger partial charge in [0.25, 0.3) is 0 Å². The number of carboxylic acids is 1. The van der Waals surface area contributed by atoms with Crippen molar-refractivity contribution in [3.63, 3.8) is 0 Å². The van der Waals surface area contributed by atoms with Crippen LogP contribution in [0.4, 0.5) is 13.2 Å². The molecule has 0 radical (unpaired) electrons. The molecular formula is C15H13F3O3. The number of carbonyl (C=O) groups is 1. The number of hydrogen-bond donors (Lipinski definition) is 1. The second-order valence-corrected chi connectivity index (χ2v) is 5.31. The van der Waals surface area contributed by atoms with E-state index in [-0.39, 0.29) is 5.75 Å². The highest BCUT2D eigenvalue weighted by Crippen LogP contribution is 2.39. The number of aliphatic carboxylic acids is 1. The number of aryl methyl sites for hydroxylation is 2. The lowest BCUT2D eigenvalue weighted by Gasteiger charge is -2.28. The molecule has 2 aliphatic rings. The summed E-state index contributed by atoms with van der Waals surface area (Å²) in [5, 5.41) is 8.99. The van der Waals surface area contributed by atoms with Crippen LogP contribution in [0.25, 0.3) is 6.08 Å². The topological polar surface area (TPSA) is 46.5 Å². The van der Waals surface area contributed by atoms with Gasteiger partial charge < -0.3 is 9.84 Å². The number of benzene rings is 1. The Morgan fingerprint density at radius 1 is 1.19 bits per heavy atom. The minimum absolute atomic E-state index is 0.114. The Bertz CT molecular complexity index is 632. The van der Waals surface area contributed by atoms with Crippen LogP contribution in [-0.4, -0.2) is 23.4 Å². The highest BCUT2D eigenvalue weighted by Gasteiger charge is 2.48. The molecule has 0 saturated carbocycles. The number of hydrogen-bond acceptors (Lipinski definition) is 2. The Hall–Kier alpha value is -1.98. The van der Waals surface area contributed by atoms with E-state index in [1.54, 1.807) is 12.1 Å². The first-order valence-electron chi connectivity index (χ1n) is 6.70. The third kappa shape index (κ3) is 2.50. The molecule has 6 heteroatoms. The summed E-state index contributed by atoms with van der Waals surface area (Å²) in [7, 11) is 0. The molecule has 1 unspecified atom stereocenters. The van der Waals surface area contributed by atoms with Crippen LogP contribution in [0, 0.1) is 0 Å². The van der Waals surface area contributed by atoms with Crippen LogP contribution in [-0.2, 0) is 17.6 Å². The first kappa shape index (κ1) is 14.0. The summed E-state index contributed by atoms with van der Waals surface area (Å²) in [5.74, 6) is -1.50. The van der Waals surface area contributed by atoms with Crippen molar-refractivity contribution < 1.29 is 27.8 Å². The van der Waals surface area contributed by atoms with Crippen LogP contribution in [0.3, 0.4) is 0 Å². The summed E-state index contributed by atoms with van der Waals surface area (Å²) < 4.78 is 43.8. The zero-order valence-electron chi connectivity index (χ0n) is 11.0. The Morgan fingerprint density at radius 2 is 1.81 bits per heavy atom. The molecule has 1 aromatic carbocycles. The van der Waals surface area contributed by atoms with E-state index in [4.69, 9.17) is 9.84 Å². The largest absolute Gasteiger partial charge is 0.478 e. The molecule has 1 aromatic rings. The lowest BCUT2D eigenvalue weighted by molar-refractivity contribution is -0.187. The maximum Gasteiger partial charge on any atom is 0.430 e. The quantitative estimate of drug-likeness (QED) is 0.865. The molecule has 1 heterocycles. The van der Waals surface area contributed by atoms with Gasteiger partial charge in [0.1, 0.15) is 5.75 Å². The molecule has 21 heavy (non-hydrogen) atoms. The molecule has 0 spiro atoms. The molecule has 0 bridgehead atoms. The minimum Gasteiger partial charge on any atom is -0.478 e. The smallest absolute Gasteiger partial charge is 0.430 e. The summed E-state index contributed by atoms with van der Waals surface area (Å²) in [6, 6.07) is 3.37. The van der Waals surface area contributed by atoms with Crippen LogP contribution in [0.2, 0.25) is 0 Å². The van der Waals surface area contributed by atoms with Crippen molar-refractivity contribution in [2.75, 3.05) is 0 Å². The normalized spacial score (nSPS) is 20.9. The standard InChI is InChI=1S/C15H13F3O3/c16-15(17,18)13-11(14(19)20)6-10-5-8-3-1-2-4-9(8)7-12(10)21-13/h5-7,13H,1-4H2,(H,19,20). The predicted octanol–water partition coefficient (Wildman–Crippen LogP) is 3.36. The highest BCUT2D eigenvalue weighted by atomic mass is 19.4. The second kappa shape index (κ2) is 4.79. The summed E-state index contributed by atoms with van der Waals surface area (Å²) in [6.45, 7) is 0. The Morgan fingerprint density at radius 3 is 2.38 bits per heavy atom. The lowest BCUT2D eigenvalue weighted by Crippen LogP contribution is -2.40. The summed E-state index contributed by atoms with van der Waals surface area (Å²) >= 11 is 0. The van der Waals surface area contributed by atoms with Crippen molar-refractivity contribution in [1.29, 1.82) is 0 Å². The van der Waals surface area contributed by atoms with E-state index in [0.717, 1.165) is 42.9 Å². The Kier molecular flexibility index (Phi) is 3.19. The first-order chi connectivity index (χ1) is 9.86. The molecule has 3 rings (SSSR count). The second-order valence-electron chi connectivity index (χ2n) is 5.31. The molecule has 0 aromatic heterocycles. The molecule has 3 nitrogen and oxygen atoms in total. The van der Waals surface area contributed by atoms with Gasteiger partial charge >= 0.3 is 12.1 Å². The van der Waals surface area contributed by atoms with E-state index >= 15 is 0 Å². The van der Waals surface area contributed by atoms with Gasteiger partial charge in [0.05, 0.1) is 5.57 Å². The fourth-order valence-electron chi connectivity index (χ4n) is 2.85. The molecule has 0 fully saturated rings. The van der Waals surface area contributed by atoms with Gasteiger partial charge in [0.15, 0.2) is 0 Å². The van der Waals surface area contributed by atoms with Crippen LogP contribution in [0.5, 0.6) is 5.75 Å². The third-order valence-electron chi connectivity index (χ3n) is 3.86. The third-order valence-corrected chi connectivity index (χ3v) is 3.86. The van der Waals surface area contributed by atoms with Gasteiger partial charge in [-0.1, -0.05) is 0 Å². The molecular weight excluding hydrogens is 285 g/mol. The average Bonchev–Trinajstić information content (AvgIpc) is 2.42. The van der Waals surface area contributed by atoms with E-state index in [1.165, 1.54) is 0 Å². The average molecular weight is 298 g/mol. The predicted molar refractivity (Wildman–Crippen MR) is 69.2 cm³/mol. The summed E-state index contributed by atoms with van der Waals surface area (Å²) in [6.07, 6.45) is -2.37. The summed E-state index contributed by atoms with van der Waals surface area (Å²) in [5.41, 5.74) is 1.70. The fourth-order valence-corrected chi connectivity index (χ4v) is 2.85. The molecule has 0 saturated heterocycles. The van der Waals surface area contributed by atoms with Crippen molar-refractivity contribution in [3.8, 4) is 5.75 Å². The van der Waals surface area contributed by atoms with E-state index in [9.17, 15) is 18.0 Å². The van der Waals surface area contributed by atoms with Gasteiger partial charge in [-0.2, -0.15) is 13.2 Å². The van der Waals surface area contributed by atoms with Crippen molar-refractivity contribution in [3.05, 3.63) is 34.4 Å². The Labute approximate surface area is 119 Å². The van der Waals surface area contributed by atoms with Gasteiger partial charge in [-0.3, -0.25) is 0 Å². The van der Waals surface area contributed by atoms with Gasteiger partial charge in [-0.15, -0.1) is 0 Å². The number of ether oxygens (including phenoxy) is 1. The summed E-state index contributed by atoms with van der Waals surface area (Å²) in [4.78, 5) is 11.1. The molecule has 1 N–H and O–H groups in total. The van der Waals surface area contributed by atoms with Crippen molar-refractivity contribution in [2.45, 2.75) is 38.0 Å². The number of fused-ring (bicyclic) bond motifs is 2. The van der Waals surface area contributed by atoms with Gasteiger partial charge in [0.2, 0.25) is 6.10 Å². The number of carboxylic acid groups (broad SMARTS) is 1. The first-order valence-corrected chi connectivity index (χ1v) is 6.70. The number of alkyl halides is 3. The molecule has 0 amide bonds. The van der Waals surface area contributed by atoms with E-state index < -0.39 is 23.8 Å². The van der Waals surface area contributed by atoms with Gasteiger partial charge in [-0.25, -0.2) is 4.79 Å². The van der Waals surface area contributed by atoms with Gasteiger partial charge in [-0.05, 0) is 55.0 Å². The number of rotatable bonds is 1. The van der Waals surface area contributed by atoms with Crippen molar-refractivity contribution in [2.24, 2.45) is 0 Å². The zero-order chi connectivity index (χ0) is 15.2. The lowest BCUT2D eigenvalue weighted by atomic mass is 9.88. The highest BCUT2D eigenvalue weighted by molar-refractivity contribution is 5.95. The zero-order valence-corrected chi connectivity index (χ0v) is 11.0. The molecule has 112 valence electrons. The minimum atomic E-state index is -4.75. The number of halogens is 3. The van der Waals surface area contributed by atoms with Crippen molar-refractivity contribution >= 4 is 12.0 Å². The SMILES string of the molecule is O=C(O)C1=Cc2cc3c(cc2OC1C(F)(F)F)CCCC3. The van der Waals surface area contributed by atoms with Crippen LogP contribution in [0.1, 0.15) is 29.5 Å². The van der Waals surface area contributed by atoms with Crippen LogP contribution >= 0.6 is 0 Å². The molecule has 1 aliphatic carbocycles. The fraction of sp³-hybridized carbons (Fsp3) is 0.400. The van der Waals surface area contributed by atoms with Crippen molar-refractivity contribution in [1.82, 2.24) is 0 Å². The van der Waals surface area contributed by atoms with E-state index in [1.807, 2.05) is 0 Å². The molecule has 1 aliphatic heterocycles. The monoisotopic (exact) mass is 298 g/mol. The van der Waals surface area contributed by atoms with Crippen LogP contribution < -0.4 is 4.74 Å². The molecule has 1 atom stereocenters. The van der Waals surface area contributed by atoms with E-state index in [2.05, 4.69) is 0 Å². The van der Waals surface area contributed by atoms with Crippen LogP contribution in [0.15, 0.2) is 17.7 Å². The maximum absolute atomic E-state index is 13.0. The Balaban J connectivity index is 2.09. The van der Waals surface area contributed by atoms with Gasteiger partial charge in [0, 0.05) is 5.56 Å². The maximum atomic E-state index is 13.0.